The van der Waals surface area contributed by atoms with E-state index in [2.05, 4.69) is 15.6 Å². The first kappa shape index (κ1) is 25.8. The van der Waals surface area contributed by atoms with Crippen molar-refractivity contribution in [3.05, 3.63) is 100 Å². The van der Waals surface area contributed by atoms with Crippen LogP contribution in [0.25, 0.3) is 11.3 Å². The van der Waals surface area contributed by atoms with Crippen molar-refractivity contribution in [3.8, 4) is 17.2 Å². The van der Waals surface area contributed by atoms with Gasteiger partial charge in [0, 0.05) is 17.7 Å². The summed E-state index contributed by atoms with van der Waals surface area (Å²) < 4.78 is 36.6. The molecule has 2 aromatic carbocycles. The van der Waals surface area contributed by atoms with Crippen LogP contribution in [0.4, 0.5) is 20.3 Å². The van der Waals surface area contributed by atoms with Gasteiger partial charge in [-0.25, -0.2) is 13.8 Å². The molecular formula is C28H23F2N7O4. The van der Waals surface area contributed by atoms with Crippen LogP contribution in [0.1, 0.15) is 28.9 Å². The number of benzene rings is 2. The summed E-state index contributed by atoms with van der Waals surface area (Å²) in [4.78, 5) is 43.3. The average Bonchev–Trinajstić information content (AvgIpc) is 3.67. The number of ether oxygens (including phenoxy) is 1. The largest absolute Gasteiger partial charge is 0.453 e. The number of hydrogen-bond donors (Lipinski definition) is 3. The van der Waals surface area contributed by atoms with Crippen LogP contribution < -0.4 is 26.8 Å². The zero-order chi connectivity index (χ0) is 28.8. The van der Waals surface area contributed by atoms with Crippen LogP contribution in [-0.4, -0.2) is 30.7 Å². The lowest BCUT2D eigenvalue weighted by molar-refractivity contribution is -0.117. The number of fused-ring (bicyclic) bond motifs is 1. The number of rotatable bonds is 7. The van der Waals surface area contributed by atoms with Crippen molar-refractivity contribution >= 4 is 29.0 Å². The Balaban J connectivity index is 1.18. The Labute approximate surface area is 230 Å². The van der Waals surface area contributed by atoms with Crippen LogP contribution in [0.15, 0.2) is 71.8 Å². The average molecular weight is 560 g/mol. The maximum atomic E-state index is 14.9. The third-order valence-corrected chi connectivity index (χ3v) is 6.67. The minimum Gasteiger partial charge on any atom is -0.453 e. The predicted octanol–water partition coefficient (Wildman–Crippen LogP) is 3.98. The first-order valence-electron chi connectivity index (χ1n) is 12.6. The number of nitrogens with two attached hydrogens (primary N) is 1. The Kier molecular flexibility index (Phi) is 6.25. The van der Waals surface area contributed by atoms with Crippen LogP contribution in [0.3, 0.4) is 0 Å². The minimum atomic E-state index is -0.796. The predicted molar refractivity (Wildman–Crippen MR) is 146 cm³/mol. The van der Waals surface area contributed by atoms with E-state index < -0.39 is 23.1 Å². The first-order valence-corrected chi connectivity index (χ1v) is 12.6. The number of anilines is 2. The number of carbonyl (C=O) groups is 2. The lowest BCUT2D eigenvalue weighted by Gasteiger charge is -2.09. The highest BCUT2D eigenvalue weighted by Gasteiger charge is 2.30. The molecule has 1 aliphatic carbocycles. The summed E-state index contributed by atoms with van der Waals surface area (Å²) in [5.74, 6) is 4.55. The highest BCUT2D eigenvalue weighted by molar-refractivity contribution is 6.05. The van der Waals surface area contributed by atoms with Crippen LogP contribution in [-0.2, 0) is 4.79 Å². The number of nitrogens with one attached hydrogen (secondary N) is 2. The van der Waals surface area contributed by atoms with Gasteiger partial charge in [-0.1, -0.05) is 0 Å². The number of nitrogens with zero attached hydrogens (tertiary/aromatic N) is 4. The number of pyridine rings is 1. The summed E-state index contributed by atoms with van der Waals surface area (Å²) >= 11 is 0. The number of nitrogen functional groups attached to an aromatic ring is 1. The molecule has 0 radical (unpaired) electrons. The third-order valence-electron chi connectivity index (χ3n) is 6.67. The van der Waals surface area contributed by atoms with Gasteiger partial charge < -0.3 is 25.6 Å². The maximum absolute atomic E-state index is 14.9. The second-order valence-corrected chi connectivity index (χ2v) is 9.62. The van der Waals surface area contributed by atoms with Gasteiger partial charge in [0.1, 0.15) is 22.8 Å². The van der Waals surface area contributed by atoms with Crippen molar-refractivity contribution in [2.75, 3.05) is 16.5 Å². The smallest absolute Gasteiger partial charge is 0.286 e. The van der Waals surface area contributed by atoms with Gasteiger partial charge in [-0.2, -0.15) is 9.47 Å². The maximum Gasteiger partial charge on any atom is 0.286 e. The summed E-state index contributed by atoms with van der Waals surface area (Å²) in [5, 5.41) is 5.28. The number of carbonyl (C=O) groups excluding carboxylic acids is 2. The molecule has 6 rings (SSSR count). The number of aromatic nitrogens is 4. The molecule has 13 heteroatoms. The fourth-order valence-electron chi connectivity index (χ4n) is 4.36. The fourth-order valence-corrected chi connectivity index (χ4v) is 4.36. The molecule has 3 aromatic heterocycles. The highest BCUT2D eigenvalue weighted by atomic mass is 19.1. The molecule has 1 aliphatic rings. The molecule has 3 heterocycles. The van der Waals surface area contributed by atoms with Gasteiger partial charge in [0.15, 0.2) is 17.4 Å². The highest BCUT2D eigenvalue weighted by Crippen LogP contribution is 2.31. The molecule has 41 heavy (non-hydrogen) atoms. The summed E-state index contributed by atoms with van der Waals surface area (Å²) in [7, 11) is 0. The lowest BCUT2D eigenvalue weighted by Crippen LogP contribution is -2.28. The van der Waals surface area contributed by atoms with Gasteiger partial charge >= 0.3 is 0 Å². The van der Waals surface area contributed by atoms with Crippen molar-refractivity contribution in [1.82, 2.24) is 18.9 Å². The van der Waals surface area contributed by atoms with E-state index in [0.717, 1.165) is 40.5 Å². The molecule has 208 valence electrons. The van der Waals surface area contributed by atoms with Crippen molar-refractivity contribution in [3.63, 3.8) is 0 Å². The summed E-state index contributed by atoms with van der Waals surface area (Å²) in [6.07, 6.45) is 4.99. The molecule has 0 unspecified atom stereocenters. The molecule has 0 spiro atoms. The zero-order valence-corrected chi connectivity index (χ0v) is 21.6. The molecule has 0 bridgehead atoms. The lowest BCUT2D eigenvalue weighted by atomic mass is 10.2. The number of halogens is 2. The van der Waals surface area contributed by atoms with E-state index in [-0.39, 0.29) is 40.2 Å². The van der Waals surface area contributed by atoms with Gasteiger partial charge in [-0.05, 0) is 68.3 Å². The molecular weight excluding hydrogens is 536 g/mol. The van der Waals surface area contributed by atoms with Crippen LogP contribution in [0, 0.1) is 24.5 Å². The van der Waals surface area contributed by atoms with Crippen molar-refractivity contribution in [2.45, 2.75) is 19.8 Å². The Morgan fingerprint density at radius 3 is 2.49 bits per heavy atom. The Morgan fingerprint density at radius 2 is 1.78 bits per heavy atom. The molecule has 11 nitrogen and oxygen atoms in total. The van der Waals surface area contributed by atoms with Crippen LogP contribution in [0.5, 0.6) is 11.5 Å². The first-order chi connectivity index (χ1) is 19.7. The van der Waals surface area contributed by atoms with E-state index in [4.69, 9.17) is 10.6 Å². The Bertz CT molecular complexity index is 1890. The van der Waals surface area contributed by atoms with Gasteiger partial charge in [0.25, 0.3) is 11.5 Å². The van der Waals surface area contributed by atoms with E-state index in [1.54, 1.807) is 28.9 Å². The van der Waals surface area contributed by atoms with Crippen molar-refractivity contribution < 1.29 is 23.1 Å². The zero-order valence-electron chi connectivity index (χ0n) is 21.6. The van der Waals surface area contributed by atoms with Gasteiger partial charge in [0.2, 0.25) is 5.91 Å². The van der Waals surface area contributed by atoms with E-state index in [0.29, 0.717) is 17.2 Å². The van der Waals surface area contributed by atoms with Crippen molar-refractivity contribution in [1.29, 1.82) is 0 Å². The third kappa shape index (κ3) is 5.00. The van der Waals surface area contributed by atoms with Crippen molar-refractivity contribution in [2.24, 2.45) is 5.92 Å². The molecule has 1 saturated carbocycles. The number of imidazole rings is 1. The number of amides is 2. The molecule has 1 fully saturated rings. The second kappa shape index (κ2) is 9.93. The summed E-state index contributed by atoms with van der Waals surface area (Å²) in [5.41, 5.74) is 0.0997. The molecule has 4 N–H and O–H groups in total. The van der Waals surface area contributed by atoms with Crippen LogP contribution >= 0.6 is 0 Å². The van der Waals surface area contributed by atoms with E-state index >= 15 is 0 Å². The van der Waals surface area contributed by atoms with E-state index in [9.17, 15) is 23.2 Å². The topological polar surface area (TPSA) is 138 Å². The van der Waals surface area contributed by atoms with E-state index in [1.807, 2.05) is 0 Å². The summed E-state index contributed by atoms with van der Waals surface area (Å²) in [6, 6.07) is 12.1. The fraction of sp³-hybridized carbons (Fsp3) is 0.143. The normalized spacial score (nSPS) is 12.9. The monoisotopic (exact) mass is 559 g/mol. The Morgan fingerprint density at radius 1 is 1.02 bits per heavy atom. The molecule has 0 saturated heterocycles. The molecule has 5 aromatic rings. The van der Waals surface area contributed by atoms with Gasteiger partial charge in [-0.3, -0.25) is 14.4 Å². The SMILES string of the molecule is Cc1c(C(=O)Nc2ccc(Oc3ccc4nc(NC(=O)C5CC5)cn4c3)c(F)c2)c(=O)n(-c2ccc(F)cc2)n1N. The standard InChI is InChI=1S/C28H23F2N7O4/c1-15-25(28(40)36(37(15)31)19-7-4-17(29)5-8-19)27(39)32-18-6-10-22(21(30)12-18)41-20-9-11-24-33-23(14-35(24)13-20)34-26(38)16-2-3-16/h4-14,16H,2-3,31H2,1H3,(H,32,39)(H,34,38). The van der Waals surface area contributed by atoms with E-state index in [1.165, 1.54) is 31.2 Å². The molecule has 0 aliphatic heterocycles. The number of hydrogen-bond acceptors (Lipinski definition) is 6. The minimum absolute atomic E-state index is 0.0420. The molecule has 2 amide bonds. The van der Waals surface area contributed by atoms with Gasteiger partial charge in [-0.15, -0.1) is 0 Å². The summed E-state index contributed by atoms with van der Waals surface area (Å²) in [6.45, 7) is 1.48. The quantitative estimate of drug-likeness (QED) is 0.258. The second-order valence-electron chi connectivity index (χ2n) is 9.62. The van der Waals surface area contributed by atoms with Crippen LogP contribution in [0.2, 0.25) is 0 Å². The molecule has 0 atom stereocenters. The Hall–Kier alpha value is -5.46. The van der Waals surface area contributed by atoms with Gasteiger partial charge in [0.05, 0.1) is 23.8 Å².